The number of fused-ring (bicyclic) bond motifs is 2. The molecular formula is C20H20N2O4. The average molecular weight is 352 g/mol. The van der Waals surface area contributed by atoms with Gasteiger partial charge in [0.15, 0.2) is 0 Å². The van der Waals surface area contributed by atoms with E-state index < -0.39 is 18.6 Å². The van der Waals surface area contributed by atoms with Gasteiger partial charge < -0.3 is 19.6 Å². The van der Waals surface area contributed by atoms with Crippen molar-refractivity contribution in [2.24, 2.45) is 0 Å². The van der Waals surface area contributed by atoms with E-state index in [-0.39, 0.29) is 11.9 Å². The monoisotopic (exact) mass is 352 g/mol. The van der Waals surface area contributed by atoms with E-state index in [1.54, 1.807) is 12.0 Å². The van der Waals surface area contributed by atoms with Crippen molar-refractivity contribution in [3.63, 3.8) is 0 Å². The number of piperazine rings is 1. The molecule has 2 aromatic carbocycles. The fraction of sp³-hybridized carbons (Fsp3) is 0.300. The molecule has 6 nitrogen and oxygen atoms in total. The van der Waals surface area contributed by atoms with E-state index in [2.05, 4.69) is 0 Å². The lowest BCUT2D eigenvalue weighted by molar-refractivity contribution is -0.140. The Morgan fingerprint density at radius 2 is 1.96 bits per heavy atom. The molecule has 2 atom stereocenters. The second kappa shape index (κ2) is 6.46. The van der Waals surface area contributed by atoms with Crippen molar-refractivity contribution in [1.29, 1.82) is 0 Å². The molecule has 26 heavy (non-hydrogen) atoms. The van der Waals surface area contributed by atoms with Crippen LogP contribution in [0.2, 0.25) is 0 Å². The number of aliphatic hydroxyl groups excluding tert-OH is 1. The number of amides is 2. The first-order valence-corrected chi connectivity index (χ1v) is 8.61. The predicted molar refractivity (Wildman–Crippen MR) is 96.9 cm³/mol. The van der Waals surface area contributed by atoms with E-state index in [1.165, 1.54) is 4.90 Å². The lowest BCUT2D eigenvalue weighted by atomic mass is 10.0. The number of hydrogen-bond acceptors (Lipinski definition) is 4. The van der Waals surface area contributed by atoms with E-state index in [9.17, 15) is 9.59 Å². The van der Waals surface area contributed by atoms with Crippen LogP contribution in [0.3, 0.4) is 0 Å². The zero-order valence-corrected chi connectivity index (χ0v) is 14.5. The van der Waals surface area contributed by atoms with Gasteiger partial charge in [-0.3, -0.25) is 9.59 Å². The number of carbonyl (C=O) groups is 2. The van der Waals surface area contributed by atoms with Crippen LogP contribution >= 0.6 is 0 Å². The minimum Gasteiger partial charge on any atom is -0.495 e. The second-order valence-corrected chi connectivity index (χ2v) is 6.57. The number of carbonyl (C=O) groups excluding carboxylic acids is 2. The molecule has 0 aliphatic carbocycles. The summed E-state index contributed by atoms with van der Waals surface area (Å²) in [5.41, 5.74) is 2.79. The molecule has 0 unspecified atom stereocenters. The molecule has 0 radical (unpaired) electrons. The minimum atomic E-state index is -0.566. The van der Waals surface area contributed by atoms with Crippen LogP contribution in [-0.4, -0.2) is 54.2 Å². The number of methoxy groups -OCH3 is 1. The normalized spacial score (nSPS) is 21.4. The van der Waals surface area contributed by atoms with E-state index in [0.29, 0.717) is 18.7 Å². The topological polar surface area (TPSA) is 70.1 Å². The van der Waals surface area contributed by atoms with Crippen LogP contribution in [0.5, 0.6) is 5.75 Å². The smallest absolute Gasteiger partial charge is 0.250 e. The van der Waals surface area contributed by atoms with Gasteiger partial charge in [0, 0.05) is 6.54 Å². The number of nitrogens with zero attached hydrogens (tertiary/aromatic N) is 2. The summed E-state index contributed by atoms with van der Waals surface area (Å²) in [4.78, 5) is 28.0. The number of hydrogen-bond donors (Lipinski definition) is 1. The van der Waals surface area contributed by atoms with Gasteiger partial charge in [-0.1, -0.05) is 36.4 Å². The third-order valence-corrected chi connectivity index (χ3v) is 5.17. The second-order valence-electron chi connectivity index (χ2n) is 6.57. The fourth-order valence-electron chi connectivity index (χ4n) is 3.95. The fourth-order valence-corrected chi connectivity index (χ4v) is 3.95. The number of aliphatic hydroxyl groups is 1. The maximum Gasteiger partial charge on any atom is 0.250 e. The van der Waals surface area contributed by atoms with Crippen LogP contribution in [0.15, 0.2) is 48.5 Å². The number of benzene rings is 2. The molecule has 2 saturated heterocycles. The summed E-state index contributed by atoms with van der Waals surface area (Å²) in [5, 5.41) is 9.10. The van der Waals surface area contributed by atoms with Crippen LogP contribution in [0, 0.1) is 0 Å². The lowest BCUT2D eigenvalue weighted by Crippen LogP contribution is -2.53. The van der Waals surface area contributed by atoms with Crippen molar-refractivity contribution < 1.29 is 19.4 Å². The van der Waals surface area contributed by atoms with Crippen LogP contribution < -0.4 is 9.64 Å². The molecule has 6 heteroatoms. The van der Waals surface area contributed by atoms with Crippen molar-refractivity contribution in [2.75, 3.05) is 25.2 Å². The van der Waals surface area contributed by atoms with Gasteiger partial charge in [0.2, 0.25) is 11.8 Å². The summed E-state index contributed by atoms with van der Waals surface area (Å²) in [6.07, 6.45) is 0.587. The highest BCUT2D eigenvalue weighted by molar-refractivity contribution is 6.05. The Balaban J connectivity index is 1.70. The molecule has 1 N–H and O–H groups in total. The Kier molecular flexibility index (Phi) is 4.12. The Hall–Kier alpha value is -2.86. The number of rotatable bonds is 4. The van der Waals surface area contributed by atoms with Crippen molar-refractivity contribution >= 4 is 17.5 Å². The zero-order valence-electron chi connectivity index (χ0n) is 14.5. The summed E-state index contributed by atoms with van der Waals surface area (Å²) in [5.74, 6) is 0.118. The Bertz CT molecular complexity index is 852. The molecule has 2 aromatic rings. The van der Waals surface area contributed by atoms with Gasteiger partial charge in [-0.2, -0.15) is 0 Å². The van der Waals surface area contributed by atoms with Crippen LogP contribution in [0.25, 0.3) is 11.1 Å². The molecule has 0 spiro atoms. The standard InChI is InChI=1S/C20H20N2O4/c1-26-18-8-7-14(13-5-3-2-4-6-13)9-16(18)22-15-10-17(20(22)25)21(11-15)19(24)12-23/h2-9,15,17,23H,10-12H2,1H3/t15-,17-/m0/s1. The molecule has 2 aliphatic heterocycles. The largest absolute Gasteiger partial charge is 0.495 e. The molecule has 0 saturated carbocycles. The van der Waals surface area contributed by atoms with Crippen LogP contribution in [-0.2, 0) is 9.59 Å². The summed E-state index contributed by atoms with van der Waals surface area (Å²) >= 11 is 0. The number of ether oxygens (including phenoxy) is 1. The quantitative estimate of drug-likeness (QED) is 0.909. The number of likely N-dealkylation sites (tertiary alicyclic amines) is 1. The van der Waals surface area contributed by atoms with Crippen molar-refractivity contribution in [3.8, 4) is 16.9 Å². The highest BCUT2D eigenvalue weighted by atomic mass is 16.5. The van der Waals surface area contributed by atoms with Gasteiger partial charge in [-0.05, 0) is 29.7 Å². The van der Waals surface area contributed by atoms with Gasteiger partial charge in [0.1, 0.15) is 18.4 Å². The first-order chi connectivity index (χ1) is 12.6. The first-order valence-electron chi connectivity index (χ1n) is 8.61. The molecule has 2 aliphatic rings. The molecule has 2 fully saturated rings. The van der Waals surface area contributed by atoms with E-state index in [0.717, 1.165) is 16.8 Å². The van der Waals surface area contributed by atoms with Crippen molar-refractivity contribution in [3.05, 3.63) is 48.5 Å². The van der Waals surface area contributed by atoms with E-state index in [4.69, 9.17) is 9.84 Å². The van der Waals surface area contributed by atoms with Gasteiger partial charge >= 0.3 is 0 Å². The minimum absolute atomic E-state index is 0.0945. The summed E-state index contributed by atoms with van der Waals surface area (Å²) in [6, 6.07) is 15.2. The van der Waals surface area contributed by atoms with E-state index in [1.807, 2.05) is 48.5 Å². The summed E-state index contributed by atoms with van der Waals surface area (Å²) in [7, 11) is 1.58. The van der Waals surface area contributed by atoms with Gasteiger partial charge in [0.05, 0.1) is 18.8 Å². The Labute approximate surface area is 151 Å². The van der Waals surface area contributed by atoms with Crippen molar-refractivity contribution in [2.45, 2.75) is 18.5 Å². The maximum atomic E-state index is 12.9. The molecule has 0 aromatic heterocycles. The summed E-state index contributed by atoms with van der Waals surface area (Å²) < 4.78 is 5.49. The molecule has 2 heterocycles. The Morgan fingerprint density at radius 1 is 1.19 bits per heavy atom. The highest BCUT2D eigenvalue weighted by Gasteiger charge is 2.52. The first kappa shape index (κ1) is 16.6. The van der Waals surface area contributed by atoms with Gasteiger partial charge in [0.25, 0.3) is 0 Å². The molecular weight excluding hydrogens is 332 g/mol. The van der Waals surface area contributed by atoms with Crippen LogP contribution in [0.1, 0.15) is 6.42 Å². The SMILES string of the molecule is COc1ccc(-c2ccccc2)cc1N1C(=O)[C@@H]2C[C@H]1CN2C(=O)CO. The van der Waals surface area contributed by atoms with Crippen LogP contribution in [0.4, 0.5) is 5.69 Å². The molecule has 2 amide bonds. The summed E-state index contributed by atoms with van der Waals surface area (Å²) in [6.45, 7) is -0.127. The van der Waals surface area contributed by atoms with E-state index >= 15 is 0 Å². The molecule has 4 rings (SSSR count). The zero-order chi connectivity index (χ0) is 18.3. The highest BCUT2D eigenvalue weighted by Crippen LogP contribution is 2.41. The van der Waals surface area contributed by atoms with Gasteiger partial charge in [-0.15, -0.1) is 0 Å². The molecule has 134 valence electrons. The third kappa shape index (κ3) is 2.54. The van der Waals surface area contributed by atoms with Gasteiger partial charge in [-0.25, -0.2) is 0 Å². The predicted octanol–water partition coefficient (Wildman–Crippen LogP) is 1.67. The lowest BCUT2D eigenvalue weighted by Gasteiger charge is -2.34. The number of anilines is 1. The Morgan fingerprint density at radius 3 is 2.62 bits per heavy atom. The average Bonchev–Trinajstić information content (AvgIpc) is 3.25. The molecule has 2 bridgehead atoms. The maximum absolute atomic E-state index is 12.9. The third-order valence-electron chi connectivity index (χ3n) is 5.17. The van der Waals surface area contributed by atoms with Crippen molar-refractivity contribution in [1.82, 2.24) is 4.90 Å².